The maximum Gasteiger partial charge on any atom is 0.238 e. The molecule has 1 amide bonds. The van der Waals surface area contributed by atoms with Crippen LogP contribution in [0.15, 0.2) is 47.4 Å². The maximum absolute atomic E-state index is 12.6. The van der Waals surface area contributed by atoms with E-state index in [9.17, 15) is 13.2 Å². The largest absolute Gasteiger partial charge is 0.324 e. The fourth-order valence-corrected chi connectivity index (χ4v) is 5.19. The molecule has 1 aliphatic carbocycles. The number of rotatable bonds is 8. The van der Waals surface area contributed by atoms with Gasteiger partial charge in [-0.15, -0.1) is 0 Å². The van der Waals surface area contributed by atoms with Crippen LogP contribution in [-0.2, 0) is 14.6 Å². The van der Waals surface area contributed by atoms with E-state index >= 15 is 0 Å². The van der Waals surface area contributed by atoms with Crippen LogP contribution in [0, 0.1) is 5.92 Å². The third kappa shape index (κ3) is 6.56. The molecule has 174 valence electrons. The summed E-state index contributed by atoms with van der Waals surface area (Å²) < 4.78 is 23.6. The molecule has 0 spiro atoms. The van der Waals surface area contributed by atoms with Crippen molar-refractivity contribution in [2.24, 2.45) is 5.92 Å². The summed E-state index contributed by atoms with van der Waals surface area (Å²) in [5, 5.41) is 6.36. The number of carbonyl (C=O) groups is 1. The summed E-state index contributed by atoms with van der Waals surface area (Å²) in [6.45, 7) is 4.33. The van der Waals surface area contributed by atoms with Crippen LogP contribution in [0.4, 0.5) is 5.69 Å². The molecule has 7 heteroatoms. The molecule has 0 radical (unpaired) electrons. The molecule has 1 aliphatic rings. The number of carbonyl (C=O) groups excluding carboxylic acids is 1. The first kappa shape index (κ1) is 24.7. The molecule has 0 aromatic heterocycles. The highest BCUT2D eigenvalue weighted by Crippen LogP contribution is 2.33. The van der Waals surface area contributed by atoms with E-state index < -0.39 is 9.84 Å². The Bertz CT molecular complexity index is 1030. The first-order valence-corrected chi connectivity index (χ1v) is 13.5. The molecule has 1 fully saturated rings. The van der Waals surface area contributed by atoms with E-state index in [1.807, 2.05) is 0 Å². The Labute approximate surface area is 196 Å². The van der Waals surface area contributed by atoms with E-state index in [2.05, 4.69) is 48.7 Å². The van der Waals surface area contributed by atoms with Crippen LogP contribution >= 0.6 is 11.6 Å². The molecule has 0 heterocycles. The average Bonchev–Trinajstić information content (AvgIpc) is 2.75. The third-order valence-electron chi connectivity index (χ3n) is 6.16. The topological polar surface area (TPSA) is 75.3 Å². The van der Waals surface area contributed by atoms with Gasteiger partial charge in [0.2, 0.25) is 5.91 Å². The first-order chi connectivity index (χ1) is 15.1. The highest BCUT2D eigenvalue weighted by Gasteiger charge is 2.20. The van der Waals surface area contributed by atoms with Crippen LogP contribution in [0.3, 0.4) is 0 Å². The standard InChI is InChI=1S/C25H33ClN2O3S/c1-17(2)25(20-11-9-19(10-12-20)18-7-5-4-6-8-18)27-16-24(29)28-23-15-21(32(3,30)31)13-14-22(23)26/h9-15,17-18,25,27H,4-8,16H2,1-3H3,(H,28,29)/t25-/m1/s1. The summed E-state index contributed by atoms with van der Waals surface area (Å²) in [5.74, 6) is 0.684. The zero-order chi connectivity index (χ0) is 23.3. The van der Waals surface area contributed by atoms with E-state index in [1.165, 1.54) is 55.9 Å². The van der Waals surface area contributed by atoms with Crippen LogP contribution < -0.4 is 10.6 Å². The summed E-state index contributed by atoms with van der Waals surface area (Å²) in [5.41, 5.74) is 2.86. The van der Waals surface area contributed by atoms with Crippen molar-refractivity contribution in [2.75, 3.05) is 18.1 Å². The maximum atomic E-state index is 12.6. The highest BCUT2D eigenvalue weighted by atomic mass is 35.5. The second-order valence-electron chi connectivity index (χ2n) is 9.07. The molecule has 1 saturated carbocycles. The third-order valence-corrected chi connectivity index (χ3v) is 7.60. The van der Waals surface area contributed by atoms with E-state index in [0.29, 0.717) is 22.5 Å². The van der Waals surface area contributed by atoms with Gasteiger partial charge in [0.05, 0.1) is 22.2 Å². The molecule has 5 nitrogen and oxygen atoms in total. The predicted octanol–water partition coefficient (Wildman–Crippen LogP) is 5.72. The van der Waals surface area contributed by atoms with Crippen molar-refractivity contribution >= 4 is 33.0 Å². The molecule has 3 rings (SSSR count). The van der Waals surface area contributed by atoms with Crippen molar-refractivity contribution in [3.05, 3.63) is 58.6 Å². The first-order valence-electron chi connectivity index (χ1n) is 11.3. The molecular formula is C25H33ClN2O3S. The van der Waals surface area contributed by atoms with E-state index in [0.717, 1.165) is 11.8 Å². The number of hydrogen-bond donors (Lipinski definition) is 2. The number of sulfone groups is 1. The number of hydrogen-bond acceptors (Lipinski definition) is 4. The molecular weight excluding hydrogens is 444 g/mol. The summed E-state index contributed by atoms with van der Waals surface area (Å²) in [6.07, 6.45) is 7.64. The van der Waals surface area contributed by atoms with Gasteiger partial charge in [0.15, 0.2) is 9.84 Å². The van der Waals surface area contributed by atoms with Crippen LogP contribution in [0.25, 0.3) is 0 Å². The van der Waals surface area contributed by atoms with E-state index in [-0.39, 0.29) is 23.4 Å². The summed E-state index contributed by atoms with van der Waals surface area (Å²) in [6, 6.07) is 13.1. The minimum Gasteiger partial charge on any atom is -0.324 e. The zero-order valence-corrected chi connectivity index (χ0v) is 20.6. The minimum atomic E-state index is -3.39. The van der Waals surface area contributed by atoms with E-state index in [1.54, 1.807) is 0 Å². The lowest BCUT2D eigenvalue weighted by Crippen LogP contribution is -2.33. The quantitative estimate of drug-likeness (QED) is 0.511. The zero-order valence-electron chi connectivity index (χ0n) is 19.0. The van der Waals surface area contributed by atoms with Gasteiger partial charge in [-0.2, -0.15) is 0 Å². The molecule has 0 aliphatic heterocycles. The van der Waals surface area contributed by atoms with Crippen LogP contribution in [0.2, 0.25) is 5.02 Å². The Hall–Kier alpha value is -1.89. The van der Waals surface area contributed by atoms with Crippen molar-refractivity contribution < 1.29 is 13.2 Å². The van der Waals surface area contributed by atoms with Gasteiger partial charge >= 0.3 is 0 Å². The van der Waals surface area contributed by atoms with Crippen molar-refractivity contribution in [1.29, 1.82) is 0 Å². The molecule has 0 bridgehead atoms. The van der Waals surface area contributed by atoms with E-state index in [4.69, 9.17) is 11.6 Å². The molecule has 2 aromatic carbocycles. The molecule has 2 N–H and O–H groups in total. The molecule has 1 atom stereocenters. The molecule has 0 unspecified atom stereocenters. The predicted molar refractivity (Wildman–Crippen MR) is 131 cm³/mol. The van der Waals surface area contributed by atoms with Gasteiger partial charge in [0.1, 0.15) is 0 Å². The Morgan fingerprint density at radius 1 is 1.06 bits per heavy atom. The normalized spacial score (nSPS) is 16.2. The Kier molecular flexibility index (Phi) is 8.37. The van der Waals surface area contributed by atoms with Crippen molar-refractivity contribution in [1.82, 2.24) is 5.32 Å². The van der Waals surface area contributed by atoms with Crippen molar-refractivity contribution in [2.45, 2.75) is 62.8 Å². The fourth-order valence-electron chi connectivity index (χ4n) is 4.38. The van der Waals surface area contributed by atoms with Gasteiger partial charge in [-0.3, -0.25) is 4.79 Å². The van der Waals surface area contributed by atoms with Gasteiger partial charge < -0.3 is 10.6 Å². The lowest BCUT2D eigenvalue weighted by molar-refractivity contribution is -0.115. The second kappa shape index (κ2) is 10.8. The minimum absolute atomic E-state index is 0.0268. The van der Waals surface area contributed by atoms with Gasteiger partial charge in [-0.1, -0.05) is 69.0 Å². The summed E-state index contributed by atoms with van der Waals surface area (Å²) in [7, 11) is -3.39. The van der Waals surface area contributed by atoms with Crippen LogP contribution in [0.1, 0.15) is 69.0 Å². The second-order valence-corrected chi connectivity index (χ2v) is 11.5. The lowest BCUT2D eigenvalue weighted by Gasteiger charge is -2.25. The van der Waals surface area contributed by atoms with Crippen LogP contribution in [-0.4, -0.2) is 27.1 Å². The highest BCUT2D eigenvalue weighted by molar-refractivity contribution is 7.90. The SMILES string of the molecule is CC(C)[C@@H](NCC(=O)Nc1cc(S(C)(=O)=O)ccc1Cl)c1ccc(C2CCCCC2)cc1. The van der Waals surface area contributed by atoms with Gasteiger partial charge in [0.25, 0.3) is 0 Å². The van der Waals surface area contributed by atoms with Crippen molar-refractivity contribution in [3.63, 3.8) is 0 Å². The Balaban J connectivity index is 1.64. The Morgan fingerprint density at radius 2 is 1.72 bits per heavy atom. The summed E-state index contributed by atoms with van der Waals surface area (Å²) in [4.78, 5) is 12.7. The number of amides is 1. The van der Waals surface area contributed by atoms with Gasteiger partial charge in [-0.25, -0.2) is 8.42 Å². The molecule has 32 heavy (non-hydrogen) atoms. The molecule has 0 saturated heterocycles. The Morgan fingerprint density at radius 3 is 2.31 bits per heavy atom. The molecule has 2 aromatic rings. The number of anilines is 1. The average molecular weight is 477 g/mol. The number of benzene rings is 2. The monoisotopic (exact) mass is 476 g/mol. The van der Waals surface area contributed by atoms with Crippen molar-refractivity contribution in [3.8, 4) is 0 Å². The number of nitrogens with one attached hydrogen (secondary N) is 2. The number of halogens is 1. The summed E-state index contributed by atoms with van der Waals surface area (Å²) >= 11 is 6.15. The van der Waals surface area contributed by atoms with Gasteiger partial charge in [0, 0.05) is 12.3 Å². The lowest BCUT2D eigenvalue weighted by atomic mass is 9.83. The fraction of sp³-hybridized carbons (Fsp3) is 0.480. The van der Waals surface area contributed by atoms with Gasteiger partial charge in [-0.05, 0) is 54.0 Å². The van der Waals surface area contributed by atoms with Crippen LogP contribution in [0.5, 0.6) is 0 Å². The smallest absolute Gasteiger partial charge is 0.238 e.